The molecule has 0 aromatic rings. The number of nitrogens with zero attached hydrogens (tertiary/aromatic N) is 1. The minimum atomic E-state index is 0.887. The van der Waals surface area contributed by atoms with Gasteiger partial charge in [-0.15, -0.1) is 0 Å². The van der Waals surface area contributed by atoms with Crippen LogP contribution in [0, 0.1) is 5.92 Å². The predicted octanol–water partition coefficient (Wildman–Crippen LogP) is 2.91. The van der Waals surface area contributed by atoms with Gasteiger partial charge in [0.2, 0.25) is 0 Å². The quantitative estimate of drug-likeness (QED) is 0.628. The molecule has 1 saturated carbocycles. The summed E-state index contributed by atoms with van der Waals surface area (Å²) in [5.41, 5.74) is 0. The summed E-state index contributed by atoms with van der Waals surface area (Å²) in [6, 6.07) is 0.887. The first-order chi connectivity index (χ1) is 5.77. The molecule has 0 radical (unpaired) electrons. The SMILES string of the molecule is CCC1CCC(N(C)CC)CC1. The molecule has 0 aromatic carbocycles. The second kappa shape index (κ2) is 4.86. The Balaban J connectivity index is 2.25. The highest BCUT2D eigenvalue weighted by Gasteiger charge is 2.21. The molecule has 0 spiro atoms. The average molecular weight is 169 g/mol. The molecule has 0 unspecified atom stereocenters. The van der Waals surface area contributed by atoms with Crippen LogP contribution in [-0.4, -0.2) is 24.5 Å². The van der Waals surface area contributed by atoms with Crippen molar-refractivity contribution in [3.8, 4) is 0 Å². The lowest BCUT2D eigenvalue weighted by atomic mass is 9.84. The molecular weight excluding hydrogens is 146 g/mol. The first kappa shape index (κ1) is 10.0. The second-order valence-electron chi connectivity index (χ2n) is 4.16. The van der Waals surface area contributed by atoms with E-state index in [1.165, 1.54) is 38.6 Å². The predicted molar refractivity (Wildman–Crippen MR) is 54.3 cm³/mol. The minimum absolute atomic E-state index is 0.887. The molecule has 0 bridgehead atoms. The minimum Gasteiger partial charge on any atom is -0.304 e. The van der Waals surface area contributed by atoms with Crippen molar-refractivity contribution in [3.63, 3.8) is 0 Å². The Morgan fingerprint density at radius 2 is 1.67 bits per heavy atom. The lowest BCUT2D eigenvalue weighted by molar-refractivity contribution is 0.170. The van der Waals surface area contributed by atoms with Gasteiger partial charge in [-0.2, -0.15) is 0 Å². The number of hydrogen-bond donors (Lipinski definition) is 0. The highest BCUT2D eigenvalue weighted by Crippen LogP contribution is 2.28. The normalized spacial score (nSPS) is 31.0. The van der Waals surface area contributed by atoms with Crippen LogP contribution in [0.5, 0.6) is 0 Å². The third-order valence-electron chi connectivity index (χ3n) is 3.52. The zero-order valence-corrected chi connectivity index (χ0v) is 8.84. The molecule has 0 saturated heterocycles. The fourth-order valence-corrected chi connectivity index (χ4v) is 2.25. The number of hydrogen-bond acceptors (Lipinski definition) is 1. The van der Waals surface area contributed by atoms with E-state index < -0.39 is 0 Å². The van der Waals surface area contributed by atoms with Crippen LogP contribution >= 0.6 is 0 Å². The van der Waals surface area contributed by atoms with Gasteiger partial charge in [-0.25, -0.2) is 0 Å². The molecule has 1 nitrogen and oxygen atoms in total. The van der Waals surface area contributed by atoms with Crippen LogP contribution in [0.2, 0.25) is 0 Å². The maximum Gasteiger partial charge on any atom is 0.00923 e. The van der Waals surface area contributed by atoms with E-state index in [9.17, 15) is 0 Å². The second-order valence-corrected chi connectivity index (χ2v) is 4.16. The van der Waals surface area contributed by atoms with Gasteiger partial charge in [-0.05, 0) is 45.2 Å². The van der Waals surface area contributed by atoms with E-state index in [1.54, 1.807) is 0 Å². The van der Waals surface area contributed by atoms with Gasteiger partial charge in [0, 0.05) is 6.04 Å². The molecule has 1 rings (SSSR count). The zero-order valence-electron chi connectivity index (χ0n) is 8.84. The third-order valence-corrected chi connectivity index (χ3v) is 3.52. The van der Waals surface area contributed by atoms with Crippen molar-refractivity contribution < 1.29 is 0 Å². The Bertz CT molecular complexity index is 114. The van der Waals surface area contributed by atoms with Crippen LogP contribution in [0.4, 0.5) is 0 Å². The van der Waals surface area contributed by atoms with Crippen molar-refractivity contribution >= 4 is 0 Å². The van der Waals surface area contributed by atoms with Gasteiger partial charge < -0.3 is 4.90 Å². The molecule has 0 amide bonds. The first-order valence-corrected chi connectivity index (χ1v) is 5.48. The van der Waals surface area contributed by atoms with Gasteiger partial charge in [0.15, 0.2) is 0 Å². The van der Waals surface area contributed by atoms with Crippen LogP contribution in [-0.2, 0) is 0 Å². The topological polar surface area (TPSA) is 3.24 Å². The summed E-state index contributed by atoms with van der Waals surface area (Å²) in [5, 5.41) is 0. The van der Waals surface area contributed by atoms with E-state index in [0.717, 1.165) is 12.0 Å². The molecule has 1 aliphatic rings. The van der Waals surface area contributed by atoms with Gasteiger partial charge in [0.25, 0.3) is 0 Å². The van der Waals surface area contributed by atoms with Crippen molar-refractivity contribution in [3.05, 3.63) is 0 Å². The van der Waals surface area contributed by atoms with Gasteiger partial charge in [0.1, 0.15) is 0 Å². The van der Waals surface area contributed by atoms with Crippen molar-refractivity contribution in [2.45, 2.75) is 52.0 Å². The molecule has 72 valence electrons. The van der Waals surface area contributed by atoms with Gasteiger partial charge in [-0.1, -0.05) is 20.3 Å². The maximum atomic E-state index is 2.51. The molecule has 12 heavy (non-hydrogen) atoms. The Labute approximate surface area is 77.1 Å². The maximum absolute atomic E-state index is 2.51. The summed E-state index contributed by atoms with van der Waals surface area (Å²) in [6.45, 7) is 5.79. The highest BCUT2D eigenvalue weighted by atomic mass is 15.1. The zero-order chi connectivity index (χ0) is 8.97. The Morgan fingerprint density at radius 3 is 2.08 bits per heavy atom. The molecular formula is C11H23N. The summed E-state index contributed by atoms with van der Waals surface area (Å²) in [6.07, 6.45) is 7.19. The fraction of sp³-hybridized carbons (Fsp3) is 1.00. The molecule has 0 N–H and O–H groups in total. The van der Waals surface area contributed by atoms with Crippen molar-refractivity contribution in [2.24, 2.45) is 5.92 Å². The van der Waals surface area contributed by atoms with Gasteiger partial charge >= 0.3 is 0 Å². The van der Waals surface area contributed by atoms with E-state index in [-0.39, 0.29) is 0 Å². The molecule has 0 atom stereocenters. The summed E-state index contributed by atoms with van der Waals surface area (Å²) in [7, 11) is 2.26. The highest BCUT2D eigenvalue weighted by molar-refractivity contribution is 4.76. The molecule has 1 aliphatic carbocycles. The van der Waals surface area contributed by atoms with Crippen LogP contribution in [0.25, 0.3) is 0 Å². The lowest BCUT2D eigenvalue weighted by Crippen LogP contribution is -2.34. The van der Waals surface area contributed by atoms with E-state index >= 15 is 0 Å². The Kier molecular flexibility index (Phi) is 4.07. The summed E-state index contributed by atoms with van der Waals surface area (Å²) in [5.74, 6) is 1.03. The van der Waals surface area contributed by atoms with E-state index in [2.05, 4.69) is 25.8 Å². The van der Waals surface area contributed by atoms with Crippen LogP contribution in [0.15, 0.2) is 0 Å². The van der Waals surface area contributed by atoms with Crippen LogP contribution in [0.3, 0.4) is 0 Å². The molecule has 0 aromatic heterocycles. The fourth-order valence-electron chi connectivity index (χ4n) is 2.25. The van der Waals surface area contributed by atoms with Crippen LogP contribution < -0.4 is 0 Å². The summed E-state index contributed by atoms with van der Waals surface area (Å²) >= 11 is 0. The van der Waals surface area contributed by atoms with E-state index in [4.69, 9.17) is 0 Å². The largest absolute Gasteiger partial charge is 0.304 e. The van der Waals surface area contributed by atoms with Crippen molar-refractivity contribution in [1.29, 1.82) is 0 Å². The van der Waals surface area contributed by atoms with Crippen molar-refractivity contribution in [2.75, 3.05) is 13.6 Å². The van der Waals surface area contributed by atoms with Crippen LogP contribution in [0.1, 0.15) is 46.0 Å². The average Bonchev–Trinajstić information content (AvgIpc) is 2.17. The molecule has 0 aliphatic heterocycles. The molecule has 1 fully saturated rings. The standard InChI is InChI=1S/C11H23N/c1-4-10-6-8-11(9-7-10)12(3)5-2/h10-11H,4-9H2,1-3H3. The molecule has 1 heteroatoms. The first-order valence-electron chi connectivity index (χ1n) is 5.48. The van der Waals surface area contributed by atoms with E-state index in [0.29, 0.717) is 0 Å². The smallest absolute Gasteiger partial charge is 0.00923 e. The summed E-state index contributed by atoms with van der Waals surface area (Å²) in [4.78, 5) is 2.51. The van der Waals surface area contributed by atoms with Gasteiger partial charge in [-0.3, -0.25) is 0 Å². The lowest BCUT2D eigenvalue weighted by Gasteiger charge is -2.33. The third kappa shape index (κ3) is 2.48. The summed E-state index contributed by atoms with van der Waals surface area (Å²) < 4.78 is 0. The monoisotopic (exact) mass is 169 g/mol. The van der Waals surface area contributed by atoms with E-state index in [1.807, 2.05) is 0 Å². The molecule has 0 heterocycles. The van der Waals surface area contributed by atoms with Crippen molar-refractivity contribution in [1.82, 2.24) is 4.90 Å². The Morgan fingerprint density at radius 1 is 1.08 bits per heavy atom. The van der Waals surface area contributed by atoms with Gasteiger partial charge in [0.05, 0.1) is 0 Å². The Hall–Kier alpha value is -0.0400. The number of rotatable bonds is 3.